The molecule has 4 heterocycles. The Morgan fingerprint density at radius 3 is 1.98 bits per heavy atom. The molecule has 0 saturated heterocycles. The van der Waals surface area contributed by atoms with E-state index in [0.29, 0.717) is 0 Å². The molecule has 4 heteroatoms. The summed E-state index contributed by atoms with van der Waals surface area (Å²) in [6, 6.07) is 48.7. The lowest BCUT2D eigenvalue weighted by Gasteiger charge is -2.12. The number of fused-ring (bicyclic) bond motifs is 3. The number of aromatic nitrogens is 4. The Bertz CT molecular complexity index is 2160. The summed E-state index contributed by atoms with van der Waals surface area (Å²) in [5.41, 5.74) is 11.6. The van der Waals surface area contributed by atoms with Crippen LogP contribution in [-0.4, -0.2) is 19.5 Å². The fraction of sp³-hybridized carbons (Fsp3) is 0. The average Bonchev–Trinajstić information content (AvgIpc) is 3.43. The maximum Gasteiger partial charge on any atom is 0.0899 e. The van der Waals surface area contributed by atoms with Crippen LogP contribution in [0.4, 0.5) is 0 Å². The SMILES string of the molecule is c1ccc(-c2cccc(-c3cc(-c4ccc(-n5c6ccccc6c6cnccc65)cc4)nc(-c4ccccn4)c3)c2)cc1. The number of hydrogen-bond acceptors (Lipinski definition) is 3. The quantitative estimate of drug-likeness (QED) is 0.214. The largest absolute Gasteiger partial charge is 0.309 e. The average molecular weight is 551 g/mol. The topological polar surface area (TPSA) is 43.6 Å². The summed E-state index contributed by atoms with van der Waals surface area (Å²) in [5.74, 6) is 0. The van der Waals surface area contributed by atoms with Gasteiger partial charge >= 0.3 is 0 Å². The van der Waals surface area contributed by atoms with Crippen LogP contribution in [-0.2, 0) is 0 Å². The van der Waals surface area contributed by atoms with Gasteiger partial charge in [-0.2, -0.15) is 0 Å². The molecule has 8 aromatic rings. The van der Waals surface area contributed by atoms with Gasteiger partial charge < -0.3 is 4.57 Å². The van der Waals surface area contributed by atoms with E-state index >= 15 is 0 Å². The van der Waals surface area contributed by atoms with Crippen molar-refractivity contribution in [2.24, 2.45) is 0 Å². The first-order valence-electron chi connectivity index (χ1n) is 14.4. The summed E-state index contributed by atoms with van der Waals surface area (Å²) in [4.78, 5) is 14.1. The lowest BCUT2D eigenvalue weighted by molar-refractivity contribution is 1.17. The van der Waals surface area contributed by atoms with Gasteiger partial charge in [0, 0.05) is 40.6 Å². The van der Waals surface area contributed by atoms with Crippen molar-refractivity contribution in [3.05, 3.63) is 158 Å². The minimum Gasteiger partial charge on any atom is -0.309 e. The summed E-state index contributed by atoms with van der Waals surface area (Å²) in [7, 11) is 0. The van der Waals surface area contributed by atoms with E-state index in [4.69, 9.17) is 4.98 Å². The predicted molar refractivity (Wildman–Crippen MR) is 176 cm³/mol. The van der Waals surface area contributed by atoms with Gasteiger partial charge in [-0.25, -0.2) is 4.98 Å². The van der Waals surface area contributed by atoms with Crippen molar-refractivity contribution < 1.29 is 0 Å². The normalized spacial score (nSPS) is 11.3. The highest BCUT2D eigenvalue weighted by Gasteiger charge is 2.14. The number of hydrogen-bond donors (Lipinski definition) is 0. The van der Waals surface area contributed by atoms with Crippen LogP contribution in [0.2, 0.25) is 0 Å². The molecule has 4 aromatic carbocycles. The van der Waals surface area contributed by atoms with Crippen molar-refractivity contribution in [2.75, 3.05) is 0 Å². The van der Waals surface area contributed by atoms with Crippen molar-refractivity contribution in [1.29, 1.82) is 0 Å². The highest BCUT2D eigenvalue weighted by Crippen LogP contribution is 2.34. The van der Waals surface area contributed by atoms with Crippen molar-refractivity contribution in [3.8, 4) is 50.6 Å². The van der Waals surface area contributed by atoms with Gasteiger partial charge in [-0.15, -0.1) is 0 Å². The molecule has 8 rings (SSSR count). The second-order valence-corrected chi connectivity index (χ2v) is 10.6. The van der Waals surface area contributed by atoms with Gasteiger partial charge in [0.1, 0.15) is 0 Å². The molecule has 0 radical (unpaired) electrons. The van der Waals surface area contributed by atoms with Crippen molar-refractivity contribution in [2.45, 2.75) is 0 Å². The molecule has 0 atom stereocenters. The second-order valence-electron chi connectivity index (χ2n) is 10.6. The van der Waals surface area contributed by atoms with E-state index in [1.165, 1.54) is 16.5 Å². The zero-order chi connectivity index (χ0) is 28.6. The lowest BCUT2D eigenvalue weighted by atomic mass is 9.97. The van der Waals surface area contributed by atoms with E-state index in [-0.39, 0.29) is 0 Å². The molecule has 0 saturated carbocycles. The molecule has 4 nitrogen and oxygen atoms in total. The van der Waals surface area contributed by atoms with Gasteiger partial charge in [0.2, 0.25) is 0 Å². The van der Waals surface area contributed by atoms with Crippen molar-refractivity contribution >= 4 is 21.8 Å². The molecule has 0 aliphatic rings. The number of pyridine rings is 3. The van der Waals surface area contributed by atoms with E-state index in [2.05, 4.69) is 130 Å². The number of rotatable bonds is 5. The monoisotopic (exact) mass is 550 g/mol. The molecule has 0 fully saturated rings. The van der Waals surface area contributed by atoms with E-state index in [1.54, 1.807) is 0 Å². The maximum atomic E-state index is 5.09. The third-order valence-corrected chi connectivity index (χ3v) is 7.95. The first-order valence-corrected chi connectivity index (χ1v) is 14.4. The zero-order valence-corrected chi connectivity index (χ0v) is 23.3. The molecule has 0 N–H and O–H groups in total. The second kappa shape index (κ2) is 10.5. The molecule has 0 aliphatic carbocycles. The first-order chi connectivity index (χ1) is 21.3. The number of nitrogens with zero attached hydrogens (tertiary/aromatic N) is 4. The Hall–Kier alpha value is -5.87. The van der Waals surface area contributed by atoms with E-state index < -0.39 is 0 Å². The Balaban J connectivity index is 1.25. The molecule has 0 bridgehead atoms. The smallest absolute Gasteiger partial charge is 0.0899 e. The summed E-state index contributed by atoms with van der Waals surface area (Å²) in [6.07, 6.45) is 5.62. The highest BCUT2D eigenvalue weighted by atomic mass is 15.0. The molecular formula is C39H26N4. The third-order valence-electron chi connectivity index (χ3n) is 7.95. The fourth-order valence-electron chi connectivity index (χ4n) is 5.87. The van der Waals surface area contributed by atoms with Crippen LogP contribution < -0.4 is 0 Å². The highest BCUT2D eigenvalue weighted by molar-refractivity contribution is 6.08. The van der Waals surface area contributed by atoms with Crippen molar-refractivity contribution in [3.63, 3.8) is 0 Å². The Labute approximate surface area is 249 Å². The summed E-state index contributed by atoms with van der Waals surface area (Å²) in [6.45, 7) is 0. The minimum atomic E-state index is 0.845. The van der Waals surface area contributed by atoms with Crippen LogP contribution in [0, 0.1) is 0 Å². The molecule has 0 unspecified atom stereocenters. The van der Waals surface area contributed by atoms with Gasteiger partial charge in [-0.1, -0.05) is 84.9 Å². The minimum absolute atomic E-state index is 0.845. The molecule has 0 spiro atoms. The van der Waals surface area contributed by atoms with E-state index in [1.807, 2.05) is 42.9 Å². The maximum absolute atomic E-state index is 5.09. The van der Waals surface area contributed by atoms with Gasteiger partial charge in [0.05, 0.1) is 28.1 Å². The van der Waals surface area contributed by atoms with Gasteiger partial charge in [0.25, 0.3) is 0 Å². The zero-order valence-electron chi connectivity index (χ0n) is 23.3. The third kappa shape index (κ3) is 4.55. The number of para-hydroxylation sites is 1. The summed E-state index contributed by atoms with van der Waals surface area (Å²) >= 11 is 0. The van der Waals surface area contributed by atoms with E-state index in [9.17, 15) is 0 Å². The Kier molecular flexibility index (Phi) is 6.08. The van der Waals surface area contributed by atoms with Crippen molar-refractivity contribution in [1.82, 2.24) is 19.5 Å². The van der Waals surface area contributed by atoms with E-state index in [0.717, 1.165) is 55.9 Å². The molecule has 202 valence electrons. The molecular weight excluding hydrogens is 524 g/mol. The van der Waals surface area contributed by atoms with Crippen LogP contribution in [0.1, 0.15) is 0 Å². The Morgan fingerprint density at radius 1 is 0.419 bits per heavy atom. The lowest BCUT2D eigenvalue weighted by Crippen LogP contribution is -1.95. The number of benzene rings is 4. The van der Waals surface area contributed by atoms with Crippen LogP contribution in [0.5, 0.6) is 0 Å². The van der Waals surface area contributed by atoms with Crippen LogP contribution in [0.15, 0.2) is 158 Å². The standard InChI is InChI=1S/C39H26N4/c1-2-9-27(10-3-1)29-11-8-12-30(23-29)31-24-36(42-37(25-31)35-14-6-7-21-41-35)28-16-18-32(19-17-28)43-38-15-5-4-13-33(38)34-26-40-22-20-39(34)43/h1-26H. The molecule has 0 aliphatic heterocycles. The Morgan fingerprint density at radius 2 is 1.14 bits per heavy atom. The molecule has 43 heavy (non-hydrogen) atoms. The van der Waals surface area contributed by atoms with Crippen LogP contribution in [0.3, 0.4) is 0 Å². The summed E-state index contributed by atoms with van der Waals surface area (Å²) in [5, 5.41) is 2.34. The molecule has 0 amide bonds. The molecule has 4 aromatic heterocycles. The fourth-order valence-corrected chi connectivity index (χ4v) is 5.87. The summed E-state index contributed by atoms with van der Waals surface area (Å²) < 4.78 is 2.30. The van der Waals surface area contributed by atoms with Gasteiger partial charge in [-0.3, -0.25) is 9.97 Å². The van der Waals surface area contributed by atoms with Gasteiger partial charge in [0.15, 0.2) is 0 Å². The van der Waals surface area contributed by atoms with Crippen LogP contribution in [0.25, 0.3) is 72.4 Å². The first kappa shape index (κ1) is 24.9. The van der Waals surface area contributed by atoms with Gasteiger partial charge in [-0.05, 0) is 76.9 Å². The predicted octanol–water partition coefficient (Wildman–Crippen LogP) is 9.64. The van der Waals surface area contributed by atoms with Crippen LogP contribution >= 0.6 is 0 Å².